The van der Waals surface area contributed by atoms with E-state index in [9.17, 15) is 4.39 Å². The highest BCUT2D eigenvalue weighted by molar-refractivity contribution is 6.30. The number of fused-ring (bicyclic) bond motifs is 1. The van der Waals surface area contributed by atoms with Crippen LogP contribution in [0.25, 0.3) is 22.2 Å². The summed E-state index contributed by atoms with van der Waals surface area (Å²) in [6.45, 7) is 6.40. The smallest absolute Gasteiger partial charge is 0.178 e. The average Bonchev–Trinajstić information content (AvgIpc) is 2.83. The van der Waals surface area contributed by atoms with E-state index < -0.39 is 11.6 Å². The molecule has 7 heteroatoms. The Labute approximate surface area is 202 Å². The zero-order valence-corrected chi connectivity index (χ0v) is 20.0. The van der Waals surface area contributed by atoms with Crippen LogP contribution < -0.4 is 0 Å². The summed E-state index contributed by atoms with van der Waals surface area (Å²) < 4.78 is 35.5. The molecule has 0 unspecified atom stereocenters. The summed E-state index contributed by atoms with van der Waals surface area (Å²) in [4.78, 5) is 13.8. The molecule has 34 heavy (non-hydrogen) atoms. The SMILES string of the molecule is Cc1cc([C@H]2C[C@H](c3cc(-c4ccc(Cl)c(F)c4F)c4cc(C)c(C)nc4n3)CCO2)ccn1. The Morgan fingerprint density at radius 1 is 0.971 bits per heavy atom. The first kappa shape index (κ1) is 22.8. The van der Waals surface area contributed by atoms with Gasteiger partial charge in [0, 0.05) is 46.8 Å². The van der Waals surface area contributed by atoms with Gasteiger partial charge in [-0.15, -0.1) is 0 Å². The molecule has 0 aliphatic carbocycles. The Hall–Kier alpha value is -2.96. The number of benzene rings is 1. The van der Waals surface area contributed by atoms with Crippen molar-refractivity contribution in [2.75, 3.05) is 6.61 Å². The zero-order valence-electron chi connectivity index (χ0n) is 19.2. The predicted molar refractivity (Wildman–Crippen MR) is 129 cm³/mol. The monoisotopic (exact) mass is 479 g/mol. The molecule has 0 radical (unpaired) electrons. The summed E-state index contributed by atoms with van der Waals surface area (Å²) >= 11 is 5.82. The largest absolute Gasteiger partial charge is 0.373 e. The van der Waals surface area contributed by atoms with Crippen molar-refractivity contribution in [2.45, 2.75) is 45.6 Å². The first-order valence-corrected chi connectivity index (χ1v) is 11.7. The van der Waals surface area contributed by atoms with Crippen molar-refractivity contribution in [2.24, 2.45) is 0 Å². The van der Waals surface area contributed by atoms with Gasteiger partial charge in [0.05, 0.1) is 11.1 Å². The minimum atomic E-state index is -1.05. The molecule has 2 atom stereocenters. The Kier molecular flexibility index (Phi) is 6.04. The molecule has 1 aliphatic heterocycles. The van der Waals surface area contributed by atoms with E-state index in [1.807, 2.05) is 45.0 Å². The van der Waals surface area contributed by atoms with Crippen LogP contribution in [-0.4, -0.2) is 21.6 Å². The third-order valence-corrected chi connectivity index (χ3v) is 6.88. The van der Waals surface area contributed by atoms with Crippen molar-refractivity contribution in [3.63, 3.8) is 0 Å². The van der Waals surface area contributed by atoms with Gasteiger partial charge in [0.1, 0.15) is 0 Å². The van der Waals surface area contributed by atoms with E-state index in [0.717, 1.165) is 41.1 Å². The second-order valence-electron chi connectivity index (χ2n) is 8.89. The highest BCUT2D eigenvalue weighted by Gasteiger charge is 2.28. The summed E-state index contributed by atoms with van der Waals surface area (Å²) in [6.07, 6.45) is 3.21. The van der Waals surface area contributed by atoms with Crippen LogP contribution in [-0.2, 0) is 4.74 Å². The van der Waals surface area contributed by atoms with Gasteiger partial charge in [0.25, 0.3) is 0 Å². The van der Waals surface area contributed by atoms with Gasteiger partial charge in [-0.1, -0.05) is 11.6 Å². The molecule has 4 aromatic rings. The second kappa shape index (κ2) is 9.01. The van der Waals surface area contributed by atoms with E-state index in [4.69, 9.17) is 21.3 Å². The minimum Gasteiger partial charge on any atom is -0.373 e. The number of nitrogens with zero attached hydrogens (tertiary/aromatic N) is 3. The first-order chi connectivity index (χ1) is 16.3. The summed E-state index contributed by atoms with van der Waals surface area (Å²) in [5.74, 6) is -1.94. The van der Waals surface area contributed by atoms with Crippen LogP contribution >= 0.6 is 11.6 Å². The fourth-order valence-corrected chi connectivity index (χ4v) is 4.73. The van der Waals surface area contributed by atoms with Gasteiger partial charge in [-0.3, -0.25) is 4.98 Å². The van der Waals surface area contributed by atoms with Crippen molar-refractivity contribution in [1.82, 2.24) is 15.0 Å². The summed E-state index contributed by atoms with van der Waals surface area (Å²) in [5.41, 5.74) is 5.85. The molecule has 0 amide bonds. The predicted octanol–water partition coefficient (Wildman–Crippen LogP) is 7.18. The molecule has 4 nitrogen and oxygen atoms in total. The fourth-order valence-electron chi connectivity index (χ4n) is 4.59. The molecule has 1 saturated heterocycles. The molecule has 0 N–H and O–H groups in total. The van der Waals surface area contributed by atoms with E-state index in [0.29, 0.717) is 23.2 Å². The molecule has 4 heterocycles. The number of hydrogen-bond acceptors (Lipinski definition) is 4. The van der Waals surface area contributed by atoms with Crippen LogP contribution in [0.5, 0.6) is 0 Å². The highest BCUT2D eigenvalue weighted by atomic mass is 35.5. The molecular weight excluding hydrogens is 456 g/mol. The van der Waals surface area contributed by atoms with Gasteiger partial charge in [-0.2, -0.15) is 0 Å². The van der Waals surface area contributed by atoms with E-state index in [1.165, 1.54) is 12.1 Å². The van der Waals surface area contributed by atoms with Crippen molar-refractivity contribution >= 4 is 22.6 Å². The van der Waals surface area contributed by atoms with Crippen LogP contribution in [0.3, 0.4) is 0 Å². The number of hydrogen-bond donors (Lipinski definition) is 0. The number of rotatable bonds is 3. The van der Waals surface area contributed by atoms with E-state index in [-0.39, 0.29) is 22.6 Å². The molecule has 0 bridgehead atoms. The van der Waals surface area contributed by atoms with Gasteiger partial charge in [0.2, 0.25) is 0 Å². The van der Waals surface area contributed by atoms with Gasteiger partial charge in [0.15, 0.2) is 17.3 Å². The van der Waals surface area contributed by atoms with E-state index in [1.54, 1.807) is 6.20 Å². The topological polar surface area (TPSA) is 47.9 Å². The normalized spacial score (nSPS) is 18.4. The van der Waals surface area contributed by atoms with Crippen LogP contribution in [0.1, 0.15) is 53.1 Å². The Bertz CT molecular complexity index is 1410. The lowest BCUT2D eigenvalue weighted by Gasteiger charge is -2.30. The van der Waals surface area contributed by atoms with Crippen molar-refractivity contribution in [1.29, 1.82) is 0 Å². The lowest BCUT2D eigenvalue weighted by Crippen LogP contribution is -2.20. The van der Waals surface area contributed by atoms with Crippen molar-refractivity contribution in [3.8, 4) is 11.1 Å². The number of aryl methyl sites for hydroxylation is 3. The molecule has 174 valence electrons. The minimum absolute atomic E-state index is 0.0824. The number of aromatic nitrogens is 3. The lowest BCUT2D eigenvalue weighted by atomic mass is 9.87. The van der Waals surface area contributed by atoms with Gasteiger partial charge in [-0.25, -0.2) is 18.7 Å². The standard InChI is InChI=1S/C27H24ClF2N3O/c1-14-10-21-20(19-4-5-22(28)26(30)25(19)29)13-23(33-27(21)32-16(14)3)17-7-9-34-24(12-17)18-6-8-31-15(2)11-18/h4-6,8,10-11,13,17,24H,7,9,12H2,1-3H3/t17-,24-/m1/s1. The van der Waals surface area contributed by atoms with Gasteiger partial charge < -0.3 is 4.74 Å². The maximum Gasteiger partial charge on any atom is 0.178 e. The molecule has 1 aliphatic rings. The molecule has 0 spiro atoms. The second-order valence-corrected chi connectivity index (χ2v) is 9.30. The number of halogens is 3. The van der Waals surface area contributed by atoms with Crippen LogP contribution in [0, 0.1) is 32.4 Å². The maximum absolute atomic E-state index is 15.0. The zero-order chi connectivity index (χ0) is 24.0. The maximum atomic E-state index is 15.0. The van der Waals surface area contributed by atoms with Crippen LogP contribution in [0.2, 0.25) is 5.02 Å². The Balaban J connectivity index is 1.64. The number of ether oxygens (including phenoxy) is 1. The highest BCUT2D eigenvalue weighted by Crippen LogP contribution is 2.40. The third kappa shape index (κ3) is 4.17. The fraction of sp³-hybridized carbons (Fsp3) is 0.296. The average molecular weight is 480 g/mol. The molecule has 0 saturated carbocycles. The van der Waals surface area contributed by atoms with Crippen molar-refractivity contribution < 1.29 is 13.5 Å². The van der Waals surface area contributed by atoms with Gasteiger partial charge in [-0.05, 0) is 86.7 Å². The first-order valence-electron chi connectivity index (χ1n) is 11.3. The summed E-state index contributed by atoms with van der Waals surface area (Å²) in [5, 5.41) is 0.436. The Morgan fingerprint density at radius 2 is 1.79 bits per heavy atom. The third-order valence-electron chi connectivity index (χ3n) is 6.58. The summed E-state index contributed by atoms with van der Waals surface area (Å²) in [6, 6.07) is 10.7. The molecule has 1 fully saturated rings. The van der Waals surface area contributed by atoms with Crippen LogP contribution in [0.4, 0.5) is 8.78 Å². The molecular formula is C27H24ClF2N3O. The molecule has 5 rings (SSSR count). The quantitative estimate of drug-likeness (QED) is 0.292. The van der Waals surface area contributed by atoms with Crippen molar-refractivity contribution in [3.05, 3.63) is 87.5 Å². The summed E-state index contributed by atoms with van der Waals surface area (Å²) in [7, 11) is 0. The van der Waals surface area contributed by atoms with E-state index in [2.05, 4.69) is 9.97 Å². The number of pyridine rings is 3. The van der Waals surface area contributed by atoms with Crippen LogP contribution in [0.15, 0.2) is 42.6 Å². The molecule has 1 aromatic carbocycles. The van der Waals surface area contributed by atoms with E-state index >= 15 is 4.39 Å². The molecule has 3 aromatic heterocycles. The lowest BCUT2D eigenvalue weighted by molar-refractivity contribution is 0.00461. The Morgan fingerprint density at radius 3 is 2.59 bits per heavy atom. The van der Waals surface area contributed by atoms with Gasteiger partial charge >= 0.3 is 0 Å².